The Morgan fingerprint density at radius 1 is 1.09 bits per heavy atom. The predicted octanol–water partition coefficient (Wildman–Crippen LogP) is 4.59. The first-order chi connectivity index (χ1) is 15.7. The topological polar surface area (TPSA) is 110 Å². The molecule has 0 aliphatic carbocycles. The quantitative estimate of drug-likeness (QED) is 0.418. The van der Waals surface area contributed by atoms with E-state index in [0.29, 0.717) is 22.1 Å². The van der Waals surface area contributed by atoms with Crippen LogP contribution in [0.1, 0.15) is 30.5 Å². The number of carbonyl (C=O) groups excluding carboxylic acids is 1. The first-order valence-electron chi connectivity index (χ1n) is 10.7. The molecule has 0 saturated carbocycles. The molecule has 2 aromatic carbocycles. The number of carbonyl (C=O) groups is 2. The van der Waals surface area contributed by atoms with Crippen LogP contribution in [0.15, 0.2) is 56.3 Å². The van der Waals surface area contributed by atoms with Crippen molar-refractivity contribution in [1.82, 2.24) is 5.32 Å². The molecule has 0 radical (unpaired) electrons. The summed E-state index contributed by atoms with van der Waals surface area (Å²) in [6.07, 6.45) is 1.39. The van der Waals surface area contributed by atoms with E-state index in [9.17, 15) is 19.5 Å². The molecule has 0 saturated heterocycles. The van der Waals surface area contributed by atoms with Gasteiger partial charge in [0.05, 0.1) is 23.6 Å². The summed E-state index contributed by atoms with van der Waals surface area (Å²) in [6, 6.07) is 10.6. The minimum absolute atomic E-state index is 0.177. The number of fused-ring (bicyclic) bond motifs is 3. The Bertz CT molecular complexity index is 1430. The van der Waals surface area contributed by atoms with Crippen molar-refractivity contribution in [3.05, 3.63) is 69.8 Å². The lowest BCUT2D eigenvalue weighted by molar-refractivity contribution is -0.143. The van der Waals surface area contributed by atoms with Gasteiger partial charge in [-0.3, -0.25) is 4.79 Å². The van der Waals surface area contributed by atoms with Gasteiger partial charge in [-0.25, -0.2) is 9.59 Å². The van der Waals surface area contributed by atoms with Crippen molar-refractivity contribution in [1.29, 1.82) is 0 Å². The number of rotatable bonds is 6. The second-order valence-electron chi connectivity index (χ2n) is 8.58. The highest BCUT2D eigenvalue weighted by Gasteiger charge is 2.25. The minimum Gasteiger partial charge on any atom is -0.480 e. The summed E-state index contributed by atoms with van der Waals surface area (Å²) in [5.74, 6) is -1.98. The molecule has 0 fully saturated rings. The van der Waals surface area contributed by atoms with Crippen LogP contribution in [-0.2, 0) is 16.0 Å². The fourth-order valence-electron chi connectivity index (χ4n) is 4.22. The standard InChI is InChI=1S/C26H25NO6/c1-13(2)23(25(29)30)27-20(28)11-17-15(4)22-19(33-26(17)31)10-14(3)21-18(12-32-24(21)22)16-8-6-5-7-9-16/h5-10,12-13,23H,11H2,1-4H3,(H,27,28)(H,29,30). The lowest BCUT2D eigenvalue weighted by atomic mass is 9.96. The zero-order chi connectivity index (χ0) is 23.9. The number of hydrogen-bond acceptors (Lipinski definition) is 5. The third kappa shape index (κ3) is 4.02. The van der Waals surface area contributed by atoms with Crippen LogP contribution >= 0.6 is 0 Å². The van der Waals surface area contributed by atoms with Crippen molar-refractivity contribution in [2.45, 2.75) is 40.2 Å². The first-order valence-corrected chi connectivity index (χ1v) is 10.7. The Hall–Kier alpha value is -3.87. The summed E-state index contributed by atoms with van der Waals surface area (Å²) >= 11 is 0. The van der Waals surface area contributed by atoms with Crippen molar-refractivity contribution >= 4 is 33.8 Å². The van der Waals surface area contributed by atoms with Gasteiger partial charge in [-0.15, -0.1) is 0 Å². The number of hydrogen-bond donors (Lipinski definition) is 2. The van der Waals surface area contributed by atoms with E-state index in [1.165, 1.54) is 0 Å². The van der Waals surface area contributed by atoms with Gasteiger partial charge in [-0.05, 0) is 42.5 Å². The van der Waals surface area contributed by atoms with E-state index in [4.69, 9.17) is 8.83 Å². The monoisotopic (exact) mass is 447 g/mol. The molecule has 2 heterocycles. The maximum absolute atomic E-state index is 12.7. The Kier molecular flexibility index (Phi) is 5.80. The maximum atomic E-state index is 12.7. The van der Waals surface area contributed by atoms with Crippen LogP contribution in [0.3, 0.4) is 0 Å². The summed E-state index contributed by atoms with van der Waals surface area (Å²) in [4.78, 5) is 36.8. The number of amides is 1. The number of nitrogens with one attached hydrogen (secondary N) is 1. The molecular formula is C26H25NO6. The van der Waals surface area contributed by atoms with Crippen LogP contribution < -0.4 is 10.9 Å². The summed E-state index contributed by atoms with van der Waals surface area (Å²) in [7, 11) is 0. The van der Waals surface area contributed by atoms with Crippen molar-refractivity contribution < 1.29 is 23.5 Å². The average Bonchev–Trinajstić information content (AvgIpc) is 3.20. The highest BCUT2D eigenvalue weighted by atomic mass is 16.4. The highest BCUT2D eigenvalue weighted by molar-refractivity contribution is 6.11. The average molecular weight is 447 g/mol. The van der Waals surface area contributed by atoms with Crippen molar-refractivity contribution in [2.24, 2.45) is 5.92 Å². The van der Waals surface area contributed by atoms with Gasteiger partial charge in [0.2, 0.25) is 5.91 Å². The van der Waals surface area contributed by atoms with Gasteiger partial charge < -0.3 is 19.3 Å². The second kappa shape index (κ2) is 8.58. The number of aryl methyl sites for hydroxylation is 2. The maximum Gasteiger partial charge on any atom is 0.340 e. The third-order valence-corrected chi connectivity index (χ3v) is 5.95. The molecule has 1 unspecified atom stereocenters. The largest absolute Gasteiger partial charge is 0.480 e. The van der Waals surface area contributed by atoms with Gasteiger partial charge in [0.1, 0.15) is 17.2 Å². The summed E-state index contributed by atoms with van der Waals surface area (Å²) < 4.78 is 11.5. The summed E-state index contributed by atoms with van der Waals surface area (Å²) in [5.41, 5.74) is 3.92. The van der Waals surface area contributed by atoms with Gasteiger partial charge in [0.25, 0.3) is 0 Å². The Labute approximate surface area is 190 Å². The molecule has 7 heteroatoms. The number of aliphatic carboxylic acids is 1. The highest BCUT2D eigenvalue weighted by Crippen LogP contribution is 2.38. The molecule has 0 spiro atoms. The SMILES string of the molecule is Cc1cc2oc(=O)c(CC(=O)NC(C(=O)O)C(C)C)c(C)c2c2occ(-c3ccccc3)c12. The molecule has 4 aromatic rings. The van der Waals surface area contributed by atoms with Gasteiger partial charge in [-0.1, -0.05) is 44.2 Å². The molecule has 2 N–H and O–H groups in total. The molecule has 0 aliphatic heterocycles. The van der Waals surface area contributed by atoms with Gasteiger partial charge in [0.15, 0.2) is 0 Å². The fraction of sp³-hybridized carbons (Fsp3) is 0.269. The smallest absolute Gasteiger partial charge is 0.340 e. The molecule has 7 nitrogen and oxygen atoms in total. The number of furan rings is 1. The summed E-state index contributed by atoms with van der Waals surface area (Å²) in [6.45, 7) is 7.08. The minimum atomic E-state index is -1.12. The van der Waals surface area contributed by atoms with Crippen LogP contribution in [0.4, 0.5) is 0 Å². The first kappa shape index (κ1) is 22.3. The van der Waals surface area contributed by atoms with E-state index >= 15 is 0 Å². The van der Waals surface area contributed by atoms with Gasteiger partial charge in [-0.2, -0.15) is 0 Å². The Morgan fingerprint density at radius 2 is 1.79 bits per heavy atom. The molecule has 1 atom stereocenters. The lowest BCUT2D eigenvalue weighted by Gasteiger charge is -2.18. The predicted molar refractivity (Wildman–Crippen MR) is 125 cm³/mol. The number of carboxylic acids is 1. The molecule has 0 bridgehead atoms. The fourth-order valence-corrected chi connectivity index (χ4v) is 4.22. The van der Waals surface area contributed by atoms with E-state index in [2.05, 4.69) is 5.32 Å². The lowest BCUT2D eigenvalue weighted by Crippen LogP contribution is -2.45. The summed E-state index contributed by atoms with van der Waals surface area (Å²) in [5, 5.41) is 13.4. The van der Waals surface area contributed by atoms with E-state index in [0.717, 1.165) is 22.1 Å². The molecule has 170 valence electrons. The van der Waals surface area contributed by atoms with Crippen LogP contribution in [-0.4, -0.2) is 23.0 Å². The van der Waals surface area contributed by atoms with E-state index < -0.39 is 23.5 Å². The molecule has 33 heavy (non-hydrogen) atoms. The van der Waals surface area contributed by atoms with Crippen molar-refractivity contribution in [3.8, 4) is 11.1 Å². The van der Waals surface area contributed by atoms with Crippen LogP contribution in [0.2, 0.25) is 0 Å². The van der Waals surface area contributed by atoms with Crippen LogP contribution in [0.25, 0.3) is 33.1 Å². The van der Waals surface area contributed by atoms with Gasteiger partial charge >= 0.3 is 11.6 Å². The van der Waals surface area contributed by atoms with Crippen LogP contribution in [0, 0.1) is 19.8 Å². The number of benzene rings is 2. The van der Waals surface area contributed by atoms with Gasteiger partial charge in [0, 0.05) is 10.9 Å². The Balaban J connectivity index is 1.83. The molecule has 4 rings (SSSR count). The van der Waals surface area contributed by atoms with E-state index in [-0.39, 0.29) is 17.9 Å². The van der Waals surface area contributed by atoms with Crippen molar-refractivity contribution in [3.63, 3.8) is 0 Å². The normalized spacial score (nSPS) is 12.4. The number of carboxylic acid groups (broad SMARTS) is 1. The molecule has 0 aliphatic rings. The Morgan fingerprint density at radius 3 is 2.42 bits per heavy atom. The van der Waals surface area contributed by atoms with E-state index in [1.807, 2.05) is 37.3 Å². The third-order valence-electron chi connectivity index (χ3n) is 5.95. The zero-order valence-electron chi connectivity index (χ0n) is 18.9. The van der Waals surface area contributed by atoms with Crippen LogP contribution in [0.5, 0.6) is 0 Å². The second-order valence-corrected chi connectivity index (χ2v) is 8.58. The van der Waals surface area contributed by atoms with E-state index in [1.54, 1.807) is 33.1 Å². The van der Waals surface area contributed by atoms with Crippen molar-refractivity contribution in [2.75, 3.05) is 0 Å². The molecule has 1 amide bonds. The zero-order valence-corrected chi connectivity index (χ0v) is 18.9. The molecular weight excluding hydrogens is 422 g/mol. The molecule has 2 aromatic heterocycles.